The maximum absolute atomic E-state index is 12.2. The summed E-state index contributed by atoms with van der Waals surface area (Å²) in [5.74, 6) is 0.0853. The quantitative estimate of drug-likeness (QED) is 0.802. The van der Waals surface area contributed by atoms with Crippen molar-refractivity contribution in [1.82, 2.24) is 10.2 Å². The monoisotopic (exact) mass is 230 g/mol. The number of nitrogens with one attached hydrogen (secondary N) is 1. The van der Waals surface area contributed by atoms with Crippen LogP contribution in [0.3, 0.4) is 0 Å². The Morgan fingerprint density at radius 2 is 2.24 bits per heavy atom. The topological polar surface area (TPSA) is 32.3 Å². The zero-order valence-corrected chi connectivity index (χ0v) is 10.2. The van der Waals surface area contributed by atoms with Gasteiger partial charge in [-0.15, -0.1) is 6.58 Å². The second-order valence-corrected chi connectivity index (χ2v) is 4.22. The van der Waals surface area contributed by atoms with Crippen LogP contribution < -0.4 is 5.32 Å². The van der Waals surface area contributed by atoms with E-state index in [1.807, 2.05) is 25.1 Å². The summed E-state index contributed by atoms with van der Waals surface area (Å²) >= 11 is 0. The van der Waals surface area contributed by atoms with E-state index in [1.54, 1.807) is 11.0 Å². The Kier molecular flexibility index (Phi) is 3.59. The predicted molar refractivity (Wildman–Crippen MR) is 68.8 cm³/mol. The van der Waals surface area contributed by atoms with Gasteiger partial charge in [0.15, 0.2) is 0 Å². The van der Waals surface area contributed by atoms with Crippen LogP contribution in [0.5, 0.6) is 0 Å². The lowest BCUT2D eigenvalue weighted by atomic mass is 10.1. The number of amides is 1. The highest BCUT2D eigenvalue weighted by atomic mass is 16.2. The average Bonchev–Trinajstić information content (AvgIpc) is 2.82. The molecule has 1 heterocycles. The van der Waals surface area contributed by atoms with E-state index < -0.39 is 0 Å². The minimum Gasteiger partial charge on any atom is -0.335 e. The molecule has 2 rings (SSSR count). The molecule has 17 heavy (non-hydrogen) atoms. The molecule has 0 fully saturated rings. The second-order valence-electron chi connectivity index (χ2n) is 4.22. The summed E-state index contributed by atoms with van der Waals surface area (Å²) in [5, 5.41) is 3.28. The summed E-state index contributed by atoms with van der Waals surface area (Å²) in [5.41, 5.74) is 3.31. The third kappa shape index (κ3) is 2.39. The number of fused-ring (bicyclic) bond motifs is 1. The SMILES string of the molecule is C=CCN(CC)C(=O)c1ccc2c(c1)CNC2. The third-order valence-corrected chi connectivity index (χ3v) is 3.10. The predicted octanol–water partition coefficient (Wildman–Crippen LogP) is 1.94. The summed E-state index contributed by atoms with van der Waals surface area (Å²) in [6.07, 6.45) is 1.76. The zero-order valence-electron chi connectivity index (χ0n) is 10.2. The van der Waals surface area contributed by atoms with Crippen molar-refractivity contribution in [2.45, 2.75) is 20.0 Å². The maximum Gasteiger partial charge on any atom is 0.254 e. The molecule has 3 nitrogen and oxygen atoms in total. The van der Waals surface area contributed by atoms with Crippen LogP contribution >= 0.6 is 0 Å². The van der Waals surface area contributed by atoms with Crippen molar-refractivity contribution in [3.8, 4) is 0 Å². The van der Waals surface area contributed by atoms with Crippen LogP contribution in [0, 0.1) is 0 Å². The van der Waals surface area contributed by atoms with Gasteiger partial charge in [-0.05, 0) is 30.2 Å². The summed E-state index contributed by atoms with van der Waals surface area (Å²) in [7, 11) is 0. The van der Waals surface area contributed by atoms with Crippen LogP contribution in [0.15, 0.2) is 30.9 Å². The van der Waals surface area contributed by atoms with Crippen molar-refractivity contribution in [2.75, 3.05) is 13.1 Å². The Bertz CT molecular complexity index is 440. The van der Waals surface area contributed by atoms with Crippen molar-refractivity contribution < 1.29 is 4.79 Å². The number of carbonyl (C=O) groups is 1. The molecular weight excluding hydrogens is 212 g/mol. The van der Waals surface area contributed by atoms with E-state index in [1.165, 1.54) is 11.1 Å². The maximum atomic E-state index is 12.2. The number of benzene rings is 1. The molecule has 1 aliphatic heterocycles. The number of nitrogens with zero attached hydrogens (tertiary/aromatic N) is 1. The van der Waals surface area contributed by atoms with Crippen molar-refractivity contribution in [2.24, 2.45) is 0 Å². The molecule has 0 radical (unpaired) electrons. The number of likely N-dealkylation sites (N-methyl/N-ethyl adjacent to an activating group) is 1. The molecule has 1 aliphatic rings. The Hall–Kier alpha value is -1.61. The van der Waals surface area contributed by atoms with Crippen LogP contribution in [0.25, 0.3) is 0 Å². The van der Waals surface area contributed by atoms with Crippen molar-refractivity contribution >= 4 is 5.91 Å². The van der Waals surface area contributed by atoms with Crippen molar-refractivity contribution in [1.29, 1.82) is 0 Å². The standard InChI is InChI=1S/C14H18N2O/c1-3-7-16(4-2)14(17)11-5-6-12-9-15-10-13(12)8-11/h3,5-6,8,15H,1,4,7,9-10H2,2H3. The molecule has 1 aromatic carbocycles. The molecule has 90 valence electrons. The van der Waals surface area contributed by atoms with E-state index >= 15 is 0 Å². The van der Waals surface area contributed by atoms with Crippen molar-refractivity contribution in [3.63, 3.8) is 0 Å². The van der Waals surface area contributed by atoms with E-state index in [0.29, 0.717) is 13.1 Å². The average molecular weight is 230 g/mol. The van der Waals surface area contributed by atoms with E-state index in [0.717, 1.165) is 18.7 Å². The first-order valence-corrected chi connectivity index (χ1v) is 5.99. The smallest absolute Gasteiger partial charge is 0.254 e. The van der Waals surface area contributed by atoms with Gasteiger partial charge in [0.25, 0.3) is 5.91 Å². The Morgan fingerprint density at radius 1 is 1.47 bits per heavy atom. The van der Waals surface area contributed by atoms with Gasteiger partial charge >= 0.3 is 0 Å². The molecule has 0 spiro atoms. The highest BCUT2D eigenvalue weighted by Crippen LogP contribution is 2.18. The first-order chi connectivity index (χ1) is 8.26. The third-order valence-electron chi connectivity index (χ3n) is 3.10. The molecule has 0 aliphatic carbocycles. The molecule has 1 N–H and O–H groups in total. The fourth-order valence-corrected chi connectivity index (χ4v) is 2.12. The Balaban J connectivity index is 2.21. The lowest BCUT2D eigenvalue weighted by molar-refractivity contribution is 0.0782. The minimum absolute atomic E-state index is 0.0853. The molecule has 0 bridgehead atoms. The minimum atomic E-state index is 0.0853. The largest absolute Gasteiger partial charge is 0.335 e. The molecule has 0 saturated carbocycles. The summed E-state index contributed by atoms with van der Waals surface area (Å²) in [6, 6.07) is 5.97. The van der Waals surface area contributed by atoms with E-state index in [4.69, 9.17) is 0 Å². The van der Waals surface area contributed by atoms with E-state index in [9.17, 15) is 4.79 Å². The summed E-state index contributed by atoms with van der Waals surface area (Å²) in [4.78, 5) is 14.0. The van der Waals surface area contributed by atoms with Gasteiger partial charge in [0, 0.05) is 31.7 Å². The zero-order chi connectivity index (χ0) is 12.3. The van der Waals surface area contributed by atoms with E-state index in [-0.39, 0.29) is 5.91 Å². The van der Waals surface area contributed by atoms with Crippen LogP contribution in [-0.2, 0) is 13.1 Å². The molecule has 1 aromatic rings. The summed E-state index contributed by atoms with van der Waals surface area (Å²) in [6.45, 7) is 8.75. The van der Waals surface area contributed by atoms with Crippen molar-refractivity contribution in [3.05, 3.63) is 47.5 Å². The second kappa shape index (κ2) is 5.15. The summed E-state index contributed by atoms with van der Waals surface area (Å²) < 4.78 is 0. The highest BCUT2D eigenvalue weighted by molar-refractivity contribution is 5.94. The van der Waals surface area contributed by atoms with Gasteiger partial charge in [-0.25, -0.2) is 0 Å². The molecule has 0 atom stereocenters. The molecule has 1 amide bonds. The van der Waals surface area contributed by atoms with E-state index in [2.05, 4.69) is 11.9 Å². The number of carbonyl (C=O) groups excluding carboxylic acids is 1. The van der Waals surface area contributed by atoms with Crippen LogP contribution in [-0.4, -0.2) is 23.9 Å². The molecule has 3 heteroatoms. The normalized spacial score (nSPS) is 13.2. The van der Waals surface area contributed by atoms with Gasteiger partial charge < -0.3 is 10.2 Å². The number of hydrogen-bond donors (Lipinski definition) is 1. The van der Waals surface area contributed by atoms with Gasteiger partial charge in [0.05, 0.1) is 0 Å². The lowest BCUT2D eigenvalue weighted by Crippen LogP contribution is -2.30. The highest BCUT2D eigenvalue weighted by Gasteiger charge is 2.16. The van der Waals surface area contributed by atoms with Gasteiger partial charge in [-0.3, -0.25) is 4.79 Å². The molecular formula is C14H18N2O. The molecule has 0 aromatic heterocycles. The first-order valence-electron chi connectivity index (χ1n) is 5.99. The lowest BCUT2D eigenvalue weighted by Gasteiger charge is -2.19. The number of hydrogen-bond acceptors (Lipinski definition) is 2. The molecule has 0 saturated heterocycles. The van der Waals surface area contributed by atoms with Gasteiger partial charge in [0.1, 0.15) is 0 Å². The first kappa shape index (κ1) is 11.9. The van der Waals surface area contributed by atoms with Crippen LogP contribution in [0.2, 0.25) is 0 Å². The Labute approximate surface area is 102 Å². The molecule has 0 unspecified atom stereocenters. The van der Waals surface area contributed by atoms with Crippen LogP contribution in [0.4, 0.5) is 0 Å². The van der Waals surface area contributed by atoms with Gasteiger partial charge in [-0.2, -0.15) is 0 Å². The van der Waals surface area contributed by atoms with Crippen LogP contribution in [0.1, 0.15) is 28.4 Å². The fourth-order valence-electron chi connectivity index (χ4n) is 2.12. The van der Waals surface area contributed by atoms with Gasteiger partial charge in [-0.1, -0.05) is 12.1 Å². The van der Waals surface area contributed by atoms with Gasteiger partial charge in [0.2, 0.25) is 0 Å². The Morgan fingerprint density at radius 3 is 2.94 bits per heavy atom. The number of rotatable bonds is 4. The fraction of sp³-hybridized carbons (Fsp3) is 0.357.